The number of hydrogen-bond donors (Lipinski definition) is 2. The number of amidine groups is 1. The van der Waals surface area contributed by atoms with Gasteiger partial charge in [0.25, 0.3) is 11.8 Å². The van der Waals surface area contributed by atoms with Crippen molar-refractivity contribution >= 4 is 46.2 Å². The zero-order valence-corrected chi connectivity index (χ0v) is 20.2. The lowest BCUT2D eigenvalue weighted by atomic mass is 10.2. The molecule has 0 unspecified atom stereocenters. The van der Waals surface area contributed by atoms with Gasteiger partial charge in [-0.25, -0.2) is 4.99 Å². The van der Waals surface area contributed by atoms with Gasteiger partial charge in [-0.15, -0.1) is 0 Å². The molecule has 3 aromatic rings. The van der Waals surface area contributed by atoms with Crippen LogP contribution in [0.15, 0.2) is 82.7 Å². The number of benzene rings is 3. The van der Waals surface area contributed by atoms with Gasteiger partial charge in [0.1, 0.15) is 0 Å². The van der Waals surface area contributed by atoms with Crippen molar-refractivity contribution in [3.63, 3.8) is 0 Å². The highest BCUT2D eigenvalue weighted by atomic mass is 32.2. The smallest absolute Gasteiger partial charge is 0.264 e. The van der Waals surface area contributed by atoms with Crippen LogP contribution in [0.1, 0.15) is 18.1 Å². The van der Waals surface area contributed by atoms with E-state index in [1.54, 1.807) is 18.2 Å². The molecule has 0 bridgehead atoms. The highest BCUT2D eigenvalue weighted by Gasteiger charge is 2.24. The van der Waals surface area contributed by atoms with E-state index in [9.17, 15) is 9.59 Å². The first-order valence-electron chi connectivity index (χ1n) is 11.1. The Labute approximate surface area is 208 Å². The summed E-state index contributed by atoms with van der Waals surface area (Å²) in [6, 6.07) is 22.3. The van der Waals surface area contributed by atoms with Crippen molar-refractivity contribution in [2.45, 2.75) is 13.8 Å². The van der Waals surface area contributed by atoms with E-state index in [2.05, 4.69) is 15.6 Å². The zero-order valence-electron chi connectivity index (χ0n) is 19.4. The van der Waals surface area contributed by atoms with Crippen LogP contribution in [-0.4, -0.2) is 30.2 Å². The van der Waals surface area contributed by atoms with E-state index in [-0.39, 0.29) is 18.4 Å². The van der Waals surface area contributed by atoms with Crippen LogP contribution in [0.4, 0.5) is 11.4 Å². The molecule has 0 aliphatic carbocycles. The highest BCUT2D eigenvalue weighted by Crippen LogP contribution is 2.32. The van der Waals surface area contributed by atoms with Gasteiger partial charge < -0.3 is 20.1 Å². The summed E-state index contributed by atoms with van der Waals surface area (Å²) in [5.74, 6) is 0.462. The minimum Gasteiger partial charge on any atom is -0.490 e. The van der Waals surface area contributed by atoms with Crippen LogP contribution in [0, 0.1) is 6.92 Å². The predicted molar refractivity (Wildman–Crippen MR) is 140 cm³/mol. The molecule has 4 rings (SSSR count). The van der Waals surface area contributed by atoms with Crippen LogP contribution in [0.25, 0.3) is 6.08 Å². The van der Waals surface area contributed by atoms with Gasteiger partial charge in [0.2, 0.25) is 0 Å². The molecule has 0 spiro atoms. The summed E-state index contributed by atoms with van der Waals surface area (Å²) in [7, 11) is 0. The summed E-state index contributed by atoms with van der Waals surface area (Å²) in [6.07, 6.45) is 1.77. The number of nitrogens with one attached hydrogen (secondary N) is 2. The van der Waals surface area contributed by atoms with Gasteiger partial charge in [0, 0.05) is 5.69 Å². The summed E-state index contributed by atoms with van der Waals surface area (Å²) in [5, 5.41) is 6.16. The molecule has 2 N–H and O–H groups in total. The molecule has 0 atom stereocenters. The van der Waals surface area contributed by atoms with Crippen molar-refractivity contribution in [2.24, 2.45) is 4.99 Å². The number of nitrogens with zero attached hydrogens (tertiary/aromatic N) is 1. The molecule has 178 valence electrons. The third-order valence-corrected chi connectivity index (χ3v) is 5.89. The molecule has 0 aromatic heterocycles. The number of amides is 2. The van der Waals surface area contributed by atoms with Crippen LogP contribution in [0.2, 0.25) is 0 Å². The van der Waals surface area contributed by atoms with Gasteiger partial charge in [-0.05, 0) is 73.1 Å². The summed E-state index contributed by atoms with van der Waals surface area (Å²) < 4.78 is 11.5. The largest absolute Gasteiger partial charge is 0.490 e. The molecule has 7 nitrogen and oxygen atoms in total. The summed E-state index contributed by atoms with van der Waals surface area (Å²) >= 11 is 1.27. The Balaban J connectivity index is 1.44. The molecular formula is C27H25N3O4S. The molecule has 1 fully saturated rings. The molecule has 0 radical (unpaired) electrons. The van der Waals surface area contributed by atoms with Crippen LogP contribution >= 0.6 is 11.8 Å². The molecule has 1 heterocycles. The maximum atomic E-state index is 12.4. The number of anilines is 1. The lowest BCUT2D eigenvalue weighted by Gasteiger charge is -2.13. The monoisotopic (exact) mass is 487 g/mol. The number of ether oxygens (including phenoxy) is 2. The van der Waals surface area contributed by atoms with Gasteiger partial charge in [0.15, 0.2) is 23.3 Å². The number of para-hydroxylation sites is 2. The van der Waals surface area contributed by atoms with Crippen LogP contribution in [-0.2, 0) is 9.59 Å². The SMILES string of the molecule is CCOc1cc(/C=C2/SC(=Nc3ccccc3)NC2=O)ccc1OCC(=O)Nc1ccccc1C. The molecule has 0 saturated carbocycles. The first kappa shape index (κ1) is 24.1. The fraction of sp³-hybridized carbons (Fsp3) is 0.148. The average Bonchev–Trinajstić information content (AvgIpc) is 3.19. The maximum Gasteiger partial charge on any atom is 0.264 e. The van der Waals surface area contributed by atoms with Crippen molar-refractivity contribution < 1.29 is 19.1 Å². The van der Waals surface area contributed by atoms with E-state index in [1.807, 2.05) is 74.5 Å². The Morgan fingerprint density at radius 2 is 1.80 bits per heavy atom. The Morgan fingerprint density at radius 3 is 2.57 bits per heavy atom. The third-order valence-electron chi connectivity index (χ3n) is 4.98. The van der Waals surface area contributed by atoms with Crippen molar-refractivity contribution in [3.8, 4) is 11.5 Å². The van der Waals surface area contributed by atoms with E-state index >= 15 is 0 Å². The molecule has 2 amide bonds. The number of thioether (sulfide) groups is 1. The Morgan fingerprint density at radius 1 is 1.03 bits per heavy atom. The fourth-order valence-electron chi connectivity index (χ4n) is 3.30. The fourth-order valence-corrected chi connectivity index (χ4v) is 4.14. The number of rotatable bonds is 8. The number of carbonyl (C=O) groups is 2. The topological polar surface area (TPSA) is 89.0 Å². The van der Waals surface area contributed by atoms with Crippen molar-refractivity contribution in [1.82, 2.24) is 5.32 Å². The Hall–Kier alpha value is -4.04. The molecule has 1 aliphatic heterocycles. The van der Waals surface area contributed by atoms with Gasteiger partial charge in [-0.1, -0.05) is 42.5 Å². The quantitative estimate of drug-likeness (QED) is 0.421. The van der Waals surface area contributed by atoms with Crippen molar-refractivity contribution in [2.75, 3.05) is 18.5 Å². The molecule has 35 heavy (non-hydrogen) atoms. The maximum absolute atomic E-state index is 12.4. The van der Waals surface area contributed by atoms with E-state index < -0.39 is 0 Å². The van der Waals surface area contributed by atoms with Gasteiger partial charge >= 0.3 is 0 Å². The van der Waals surface area contributed by atoms with E-state index in [4.69, 9.17) is 9.47 Å². The lowest BCUT2D eigenvalue weighted by Crippen LogP contribution is -2.20. The van der Waals surface area contributed by atoms with Gasteiger partial charge in [-0.2, -0.15) is 0 Å². The van der Waals surface area contributed by atoms with E-state index in [1.165, 1.54) is 11.8 Å². The second kappa shape index (κ2) is 11.4. The number of hydrogen-bond acceptors (Lipinski definition) is 6. The summed E-state index contributed by atoms with van der Waals surface area (Å²) in [5.41, 5.74) is 3.25. The molecular weight excluding hydrogens is 462 g/mol. The molecule has 8 heteroatoms. The Kier molecular flexibility index (Phi) is 7.84. The zero-order chi connectivity index (χ0) is 24.6. The standard InChI is InChI=1S/C27H25N3O4S/c1-3-33-23-15-19(16-24-26(32)30-27(35-24)28-20-10-5-4-6-11-20)13-14-22(23)34-17-25(31)29-21-12-8-7-9-18(21)2/h4-16H,3,17H2,1-2H3,(H,29,31)(H,28,30,32)/b24-16+. The highest BCUT2D eigenvalue weighted by molar-refractivity contribution is 8.18. The minimum atomic E-state index is -0.266. The van der Waals surface area contributed by atoms with Gasteiger partial charge in [-0.3, -0.25) is 9.59 Å². The summed E-state index contributed by atoms with van der Waals surface area (Å²) in [6.45, 7) is 4.06. The second-order valence-electron chi connectivity index (χ2n) is 7.61. The molecule has 3 aromatic carbocycles. The van der Waals surface area contributed by atoms with Crippen molar-refractivity contribution in [1.29, 1.82) is 0 Å². The number of aliphatic imine (C=N–C) groups is 1. The minimum absolute atomic E-state index is 0.160. The molecule has 1 aliphatic rings. The molecule has 1 saturated heterocycles. The summed E-state index contributed by atoms with van der Waals surface area (Å²) in [4.78, 5) is 29.8. The van der Waals surface area contributed by atoms with Crippen LogP contribution in [0.5, 0.6) is 11.5 Å². The average molecular weight is 488 g/mol. The van der Waals surface area contributed by atoms with E-state index in [0.717, 1.165) is 22.5 Å². The first-order valence-corrected chi connectivity index (χ1v) is 11.9. The second-order valence-corrected chi connectivity index (χ2v) is 8.64. The predicted octanol–water partition coefficient (Wildman–Crippen LogP) is 5.30. The third kappa shape index (κ3) is 6.51. The first-order chi connectivity index (χ1) is 17.0. The lowest BCUT2D eigenvalue weighted by molar-refractivity contribution is -0.118. The number of aryl methyl sites for hydroxylation is 1. The number of carbonyl (C=O) groups excluding carboxylic acids is 2. The Bertz CT molecular complexity index is 1290. The van der Waals surface area contributed by atoms with Crippen LogP contribution in [0.3, 0.4) is 0 Å². The van der Waals surface area contributed by atoms with E-state index in [0.29, 0.717) is 28.2 Å². The normalized spacial score (nSPS) is 15.2. The van der Waals surface area contributed by atoms with Crippen LogP contribution < -0.4 is 20.1 Å². The van der Waals surface area contributed by atoms with Crippen molar-refractivity contribution in [3.05, 3.63) is 88.8 Å². The van der Waals surface area contributed by atoms with Gasteiger partial charge in [0.05, 0.1) is 17.2 Å².